The molecule has 2 rings (SSSR count). The number of benzene rings is 1. The Morgan fingerprint density at radius 3 is 2.90 bits per heavy atom. The van der Waals surface area contributed by atoms with Gasteiger partial charge in [-0.2, -0.15) is 0 Å². The lowest BCUT2D eigenvalue weighted by atomic mass is 10.0. The summed E-state index contributed by atoms with van der Waals surface area (Å²) >= 11 is 0. The number of nitrogens with zero attached hydrogens (tertiary/aromatic N) is 2. The SMILES string of the molecule is CN(C)CC(=O)N[C@@H]1CCCN(Cc2ccccc2F)C1. The molecule has 0 aliphatic carbocycles. The van der Waals surface area contributed by atoms with Crippen molar-refractivity contribution >= 4 is 5.91 Å². The van der Waals surface area contributed by atoms with Crippen molar-refractivity contribution in [3.8, 4) is 0 Å². The lowest BCUT2D eigenvalue weighted by Crippen LogP contribution is -2.49. The molecular weight excluding hydrogens is 269 g/mol. The average molecular weight is 293 g/mol. The van der Waals surface area contributed by atoms with Gasteiger partial charge in [-0.25, -0.2) is 4.39 Å². The summed E-state index contributed by atoms with van der Waals surface area (Å²) in [5.41, 5.74) is 0.720. The molecule has 21 heavy (non-hydrogen) atoms. The highest BCUT2D eigenvalue weighted by Gasteiger charge is 2.22. The van der Waals surface area contributed by atoms with Gasteiger partial charge in [0.1, 0.15) is 5.82 Å². The van der Waals surface area contributed by atoms with Crippen LogP contribution in [0.2, 0.25) is 0 Å². The number of likely N-dealkylation sites (tertiary alicyclic amines) is 1. The number of likely N-dealkylation sites (N-methyl/N-ethyl adjacent to an activating group) is 1. The molecule has 1 aliphatic rings. The van der Waals surface area contributed by atoms with E-state index in [4.69, 9.17) is 0 Å². The molecule has 0 spiro atoms. The number of hydrogen-bond donors (Lipinski definition) is 1. The lowest BCUT2D eigenvalue weighted by molar-refractivity contribution is -0.122. The molecule has 4 nitrogen and oxygen atoms in total. The first-order chi connectivity index (χ1) is 10.0. The number of amides is 1. The van der Waals surface area contributed by atoms with Crippen LogP contribution in [0.3, 0.4) is 0 Å². The van der Waals surface area contributed by atoms with Gasteiger partial charge in [-0.3, -0.25) is 9.69 Å². The Hall–Kier alpha value is -1.46. The van der Waals surface area contributed by atoms with Crippen LogP contribution in [0.4, 0.5) is 4.39 Å². The Morgan fingerprint density at radius 2 is 2.19 bits per heavy atom. The minimum absolute atomic E-state index is 0.0535. The average Bonchev–Trinajstić information content (AvgIpc) is 2.41. The molecule has 1 aromatic rings. The van der Waals surface area contributed by atoms with E-state index in [1.54, 1.807) is 6.07 Å². The van der Waals surface area contributed by atoms with Gasteiger partial charge >= 0.3 is 0 Å². The van der Waals surface area contributed by atoms with Crippen LogP contribution < -0.4 is 5.32 Å². The van der Waals surface area contributed by atoms with Crippen molar-refractivity contribution in [1.29, 1.82) is 0 Å². The zero-order valence-electron chi connectivity index (χ0n) is 12.8. The zero-order valence-corrected chi connectivity index (χ0v) is 12.8. The van der Waals surface area contributed by atoms with Crippen LogP contribution in [-0.2, 0) is 11.3 Å². The molecule has 0 unspecified atom stereocenters. The minimum atomic E-state index is -0.156. The molecule has 0 bridgehead atoms. The fraction of sp³-hybridized carbons (Fsp3) is 0.562. The van der Waals surface area contributed by atoms with Gasteiger partial charge in [0.2, 0.25) is 5.91 Å². The Balaban J connectivity index is 1.86. The predicted octanol–water partition coefficient (Wildman–Crippen LogP) is 1.47. The molecule has 1 atom stereocenters. The van der Waals surface area contributed by atoms with E-state index >= 15 is 0 Å². The van der Waals surface area contributed by atoms with E-state index in [0.717, 1.165) is 31.5 Å². The van der Waals surface area contributed by atoms with E-state index in [0.29, 0.717) is 13.1 Å². The third-order valence-electron chi connectivity index (χ3n) is 3.68. The van der Waals surface area contributed by atoms with Crippen LogP contribution in [0.15, 0.2) is 24.3 Å². The Morgan fingerprint density at radius 1 is 1.43 bits per heavy atom. The lowest BCUT2D eigenvalue weighted by Gasteiger charge is -2.33. The molecule has 1 saturated heterocycles. The molecule has 1 amide bonds. The first kappa shape index (κ1) is 15.9. The summed E-state index contributed by atoms with van der Waals surface area (Å²) in [7, 11) is 3.76. The van der Waals surface area contributed by atoms with E-state index in [1.807, 2.05) is 31.1 Å². The van der Waals surface area contributed by atoms with E-state index in [1.165, 1.54) is 6.07 Å². The molecule has 1 aromatic carbocycles. The first-order valence-electron chi connectivity index (χ1n) is 7.44. The van der Waals surface area contributed by atoms with Crippen molar-refractivity contribution in [2.75, 3.05) is 33.7 Å². The van der Waals surface area contributed by atoms with Gasteiger partial charge in [0, 0.05) is 24.7 Å². The van der Waals surface area contributed by atoms with Crippen LogP contribution in [-0.4, -0.2) is 55.5 Å². The van der Waals surface area contributed by atoms with Crippen molar-refractivity contribution in [3.63, 3.8) is 0 Å². The molecule has 1 heterocycles. The zero-order chi connectivity index (χ0) is 15.2. The second kappa shape index (κ2) is 7.52. The summed E-state index contributed by atoms with van der Waals surface area (Å²) < 4.78 is 13.7. The van der Waals surface area contributed by atoms with Crippen molar-refractivity contribution in [2.24, 2.45) is 0 Å². The number of halogens is 1. The van der Waals surface area contributed by atoms with Gasteiger partial charge < -0.3 is 10.2 Å². The number of hydrogen-bond acceptors (Lipinski definition) is 3. The van der Waals surface area contributed by atoms with Crippen LogP contribution in [0.1, 0.15) is 18.4 Å². The minimum Gasteiger partial charge on any atom is -0.351 e. The molecule has 5 heteroatoms. The normalized spacial score (nSPS) is 19.7. The molecule has 0 radical (unpaired) electrons. The van der Waals surface area contributed by atoms with Crippen LogP contribution in [0.25, 0.3) is 0 Å². The highest BCUT2D eigenvalue weighted by Crippen LogP contribution is 2.15. The fourth-order valence-corrected chi connectivity index (χ4v) is 2.75. The third-order valence-corrected chi connectivity index (χ3v) is 3.68. The third kappa shape index (κ3) is 5.10. The summed E-state index contributed by atoms with van der Waals surface area (Å²) in [4.78, 5) is 15.9. The molecule has 0 saturated carbocycles. The van der Waals surface area contributed by atoms with Crippen molar-refractivity contribution < 1.29 is 9.18 Å². The molecule has 1 aliphatic heterocycles. The maximum absolute atomic E-state index is 13.7. The standard InChI is InChI=1S/C16H24FN3O/c1-19(2)12-16(21)18-14-7-5-9-20(11-14)10-13-6-3-4-8-15(13)17/h3-4,6,8,14H,5,7,9-12H2,1-2H3,(H,18,21)/t14-/m1/s1. The molecular formula is C16H24FN3O. The van der Waals surface area contributed by atoms with Crippen molar-refractivity contribution in [2.45, 2.75) is 25.4 Å². The van der Waals surface area contributed by atoms with Crippen LogP contribution in [0, 0.1) is 5.82 Å². The molecule has 116 valence electrons. The summed E-state index contributed by atoms with van der Waals surface area (Å²) in [5.74, 6) is -0.103. The smallest absolute Gasteiger partial charge is 0.234 e. The largest absolute Gasteiger partial charge is 0.351 e. The predicted molar refractivity (Wildman–Crippen MR) is 81.4 cm³/mol. The Labute approximate surface area is 125 Å². The monoisotopic (exact) mass is 293 g/mol. The Kier molecular flexibility index (Phi) is 5.70. The number of piperidine rings is 1. The van der Waals surface area contributed by atoms with Gasteiger partial charge in [0.15, 0.2) is 0 Å². The summed E-state index contributed by atoms with van der Waals surface area (Å²) in [6.45, 7) is 2.75. The first-order valence-corrected chi connectivity index (χ1v) is 7.44. The van der Waals surface area contributed by atoms with Gasteiger partial charge in [-0.1, -0.05) is 18.2 Å². The number of carbonyl (C=O) groups is 1. The highest BCUT2D eigenvalue weighted by molar-refractivity contribution is 5.78. The van der Waals surface area contributed by atoms with Crippen molar-refractivity contribution in [1.82, 2.24) is 15.1 Å². The van der Waals surface area contributed by atoms with Gasteiger partial charge in [-0.05, 0) is 39.5 Å². The molecule has 1 N–H and O–H groups in total. The van der Waals surface area contributed by atoms with Gasteiger partial charge in [0.05, 0.1) is 6.54 Å². The molecule has 0 aromatic heterocycles. The quantitative estimate of drug-likeness (QED) is 0.893. The number of rotatable bonds is 5. The summed E-state index contributed by atoms with van der Waals surface area (Å²) in [6.07, 6.45) is 2.02. The van der Waals surface area contributed by atoms with E-state index < -0.39 is 0 Å². The maximum atomic E-state index is 13.7. The summed E-state index contributed by atoms with van der Waals surface area (Å²) in [6, 6.07) is 7.05. The van der Waals surface area contributed by atoms with E-state index in [2.05, 4.69) is 10.2 Å². The second-order valence-corrected chi connectivity index (χ2v) is 5.97. The Bertz CT molecular complexity index is 478. The second-order valence-electron chi connectivity index (χ2n) is 5.97. The van der Waals surface area contributed by atoms with Gasteiger partial charge in [0.25, 0.3) is 0 Å². The number of carbonyl (C=O) groups excluding carboxylic acids is 1. The fourth-order valence-electron chi connectivity index (χ4n) is 2.75. The maximum Gasteiger partial charge on any atom is 0.234 e. The molecule has 1 fully saturated rings. The highest BCUT2D eigenvalue weighted by atomic mass is 19.1. The topological polar surface area (TPSA) is 35.6 Å². The number of nitrogens with one attached hydrogen (secondary N) is 1. The van der Waals surface area contributed by atoms with E-state index in [-0.39, 0.29) is 17.8 Å². The van der Waals surface area contributed by atoms with Crippen LogP contribution >= 0.6 is 0 Å². The van der Waals surface area contributed by atoms with Crippen molar-refractivity contribution in [3.05, 3.63) is 35.6 Å². The van der Waals surface area contributed by atoms with Crippen LogP contribution in [0.5, 0.6) is 0 Å². The van der Waals surface area contributed by atoms with Gasteiger partial charge in [-0.15, -0.1) is 0 Å². The summed E-state index contributed by atoms with van der Waals surface area (Å²) in [5, 5.41) is 3.06. The van der Waals surface area contributed by atoms with E-state index in [9.17, 15) is 9.18 Å².